The van der Waals surface area contributed by atoms with Crippen LogP contribution in [0.1, 0.15) is 30.3 Å². The van der Waals surface area contributed by atoms with Gasteiger partial charge in [-0.1, -0.05) is 24.9 Å². The number of halogens is 1. The molecule has 0 aliphatic heterocycles. The van der Waals surface area contributed by atoms with Crippen LogP contribution in [0.5, 0.6) is 0 Å². The van der Waals surface area contributed by atoms with Crippen LogP contribution in [0.4, 0.5) is 0 Å². The number of carbonyl (C=O) groups is 1. The molecule has 0 spiro atoms. The van der Waals surface area contributed by atoms with Crippen molar-refractivity contribution < 1.29 is 9.21 Å². The molecule has 1 heterocycles. The van der Waals surface area contributed by atoms with E-state index in [2.05, 4.69) is 0 Å². The maximum Gasteiger partial charge on any atom is 0.214 e. The molecule has 1 aromatic heterocycles. The number of benzene rings is 1. The molecule has 1 unspecified atom stereocenters. The van der Waals surface area contributed by atoms with E-state index in [4.69, 9.17) is 21.8 Å². The molecule has 2 N–H and O–H groups in total. The van der Waals surface area contributed by atoms with Gasteiger partial charge in [0.25, 0.3) is 0 Å². The Morgan fingerprint density at radius 3 is 2.94 bits per heavy atom. The second-order valence-corrected chi connectivity index (χ2v) is 4.49. The number of nitrogens with two attached hydrogens (primary N) is 1. The first-order valence-corrected chi connectivity index (χ1v) is 5.98. The van der Waals surface area contributed by atoms with Crippen molar-refractivity contribution in [3.8, 4) is 0 Å². The van der Waals surface area contributed by atoms with E-state index in [0.717, 1.165) is 11.8 Å². The van der Waals surface area contributed by atoms with E-state index in [-0.39, 0.29) is 5.78 Å². The largest absolute Gasteiger partial charge is 0.453 e. The summed E-state index contributed by atoms with van der Waals surface area (Å²) in [5, 5.41) is 1.44. The zero-order chi connectivity index (χ0) is 12.4. The van der Waals surface area contributed by atoms with Crippen LogP contribution in [-0.2, 0) is 0 Å². The van der Waals surface area contributed by atoms with Gasteiger partial charge in [0.15, 0.2) is 5.76 Å². The molecular formula is C13H14ClNO2. The Labute approximate surface area is 105 Å². The van der Waals surface area contributed by atoms with Crippen molar-refractivity contribution in [1.82, 2.24) is 0 Å². The molecule has 2 aromatic rings. The summed E-state index contributed by atoms with van der Waals surface area (Å²) in [6.45, 7) is 1.99. The molecule has 0 amide bonds. The smallest absolute Gasteiger partial charge is 0.214 e. The van der Waals surface area contributed by atoms with E-state index < -0.39 is 6.04 Å². The fourth-order valence-corrected chi connectivity index (χ4v) is 1.94. The monoisotopic (exact) mass is 251 g/mol. The van der Waals surface area contributed by atoms with E-state index >= 15 is 0 Å². The van der Waals surface area contributed by atoms with Gasteiger partial charge >= 0.3 is 0 Å². The molecule has 2 rings (SSSR count). The quantitative estimate of drug-likeness (QED) is 0.848. The summed E-state index contributed by atoms with van der Waals surface area (Å²) in [6, 6.07) is 6.45. The lowest BCUT2D eigenvalue weighted by Crippen LogP contribution is -2.29. The zero-order valence-electron chi connectivity index (χ0n) is 9.57. The summed E-state index contributed by atoms with van der Waals surface area (Å²) in [4.78, 5) is 11.9. The van der Waals surface area contributed by atoms with Crippen molar-refractivity contribution in [1.29, 1.82) is 0 Å². The van der Waals surface area contributed by atoms with Crippen LogP contribution in [0.25, 0.3) is 11.0 Å². The number of furan rings is 1. The number of rotatable bonds is 4. The highest BCUT2D eigenvalue weighted by Gasteiger charge is 2.19. The molecule has 4 heteroatoms. The molecule has 0 saturated carbocycles. The van der Waals surface area contributed by atoms with E-state index in [1.165, 1.54) is 0 Å². The second kappa shape index (κ2) is 4.90. The molecule has 0 saturated heterocycles. The van der Waals surface area contributed by atoms with Gasteiger partial charge in [-0.2, -0.15) is 0 Å². The highest BCUT2D eigenvalue weighted by molar-refractivity contribution is 6.31. The summed E-state index contributed by atoms with van der Waals surface area (Å²) >= 11 is 5.87. The Morgan fingerprint density at radius 1 is 1.47 bits per heavy atom. The SMILES string of the molecule is CCCC(N)C(=O)c1cc2cc(Cl)ccc2o1. The third kappa shape index (κ3) is 2.51. The van der Waals surface area contributed by atoms with E-state index in [1.807, 2.05) is 6.92 Å². The van der Waals surface area contributed by atoms with Crippen LogP contribution >= 0.6 is 11.6 Å². The Morgan fingerprint density at radius 2 is 2.24 bits per heavy atom. The zero-order valence-corrected chi connectivity index (χ0v) is 10.3. The number of carbonyl (C=O) groups excluding carboxylic acids is 1. The van der Waals surface area contributed by atoms with E-state index in [9.17, 15) is 4.79 Å². The first kappa shape index (κ1) is 12.1. The number of ketones is 1. The molecule has 90 valence electrons. The maximum atomic E-state index is 11.9. The Bertz CT molecular complexity index is 547. The summed E-state index contributed by atoms with van der Waals surface area (Å²) in [7, 11) is 0. The summed E-state index contributed by atoms with van der Waals surface area (Å²) in [6.07, 6.45) is 1.54. The third-order valence-electron chi connectivity index (χ3n) is 2.66. The Hall–Kier alpha value is -1.32. The van der Waals surface area contributed by atoms with Crippen molar-refractivity contribution in [3.63, 3.8) is 0 Å². The second-order valence-electron chi connectivity index (χ2n) is 4.05. The van der Waals surface area contributed by atoms with Gasteiger partial charge in [0, 0.05) is 10.4 Å². The normalized spacial score (nSPS) is 12.9. The van der Waals surface area contributed by atoms with Crippen molar-refractivity contribution in [2.24, 2.45) is 5.73 Å². The van der Waals surface area contributed by atoms with Crippen LogP contribution in [0, 0.1) is 0 Å². The molecule has 1 atom stereocenters. The van der Waals surface area contributed by atoms with Crippen molar-refractivity contribution >= 4 is 28.4 Å². The lowest BCUT2D eigenvalue weighted by Gasteiger charge is -2.05. The Kier molecular flexibility index (Phi) is 3.50. The predicted octanol–water partition coefficient (Wildman–Crippen LogP) is 3.40. The highest BCUT2D eigenvalue weighted by Crippen LogP contribution is 2.23. The van der Waals surface area contributed by atoms with Gasteiger partial charge in [0.2, 0.25) is 5.78 Å². The number of hydrogen-bond donors (Lipinski definition) is 1. The molecule has 0 bridgehead atoms. The van der Waals surface area contributed by atoms with Gasteiger partial charge in [-0.15, -0.1) is 0 Å². The van der Waals surface area contributed by atoms with Crippen molar-refractivity contribution in [2.45, 2.75) is 25.8 Å². The predicted molar refractivity (Wildman–Crippen MR) is 68.4 cm³/mol. The average Bonchev–Trinajstić information content (AvgIpc) is 2.71. The molecule has 1 aromatic carbocycles. The minimum atomic E-state index is -0.490. The van der Waals surface area contributed by atoms with Crippen LogP contribution in [0.3, 0.4) is 0 Å². The van der Waals surface area contributed by atoms with Gasteiger partial charge in [-0.3, -0.25) is 4.79 Å². The first-order valence-electron chi connectivity index (χ1n) is 5.60. The molecular weight excluding hydrogens is 238 g/mol. The van der Waals surface area contributed by atoms with Gasteiger partial charge in [-0.05, 0) is 30.7 Å². The van der Waals surface area contributed by atoms with Crippen LogP contribution < -0.4 is 5.73 Å². The van der Waals surface area contributed by atoms with Crippen molar-refractivity contribution in [2.75, 3.05) is 0 Å². The summed E-state index contributed by atoms with van der Waals surface area (Å²) < 4.78 is 5.46. The Balaban J connectivity index is 2.33. The first-order chi connectivity index (χ1) is 8.11. The van der Waals surface area contributed by atoms with E-state index in [1.54, 1.807) is 24.3 Å². The standard InChI is InChI=1S/C13H14ClNO2/c1-2-3-10(15)13(16)12-7-8-6-9(14)4-5-11(8)17-12/h4-7,10H,2-3,15H2,1H3. The maximum absolute atomic E-state index is 11.9. The number of hydrogen-bond acceptors (Lipinski definition) is 3. The molecule has 3 nitrogen and oxygen atoms in total. The van der Waals surface area contributed by atoms with E-state index in [0.29, 0.717) is 22.8 Å². The van der Waals surface area contributed by atoms with Gasteiger partial charge < -0.3 is 10.2 Å². The minimum absolute atomic E-state index is 0.154. The molecule has 0 fully saturated rings. The molecule has 0 radical (unpaired) electrons. The summed E-state index contributed by atoms with van der Waals surface area (Å²) in [5.41, 5.74) is 6.43. The van der Waals surface area contributed by atoms with Gasteiger partial charge in [0.05, 0.1) is 6.04 Å². The van der Waals surface area contributed by atoms with Crippen LogP contribution in [0.15, 0.2) is 28.7 Å². The lowest BCUT2D eigenvalue weighted by molar-refractivity contribution is 0.0931. The average molecular weight is 252 g/mol. The highest BCUT2D eigenvalue weighted by atomic mass is 35.5. The topological polar surface area (TPSA) is 56.2 Å². The fraction of sp³-hybridized carbons (Fsp3) is 0.308. The summed E-state index contributed by atoms with van der Waals surface area (Å²) in [5.74, 6) is 0.155. The molecule has 0 aliphatic carbocycles. The number of Topliss-reactive ketones (excluding diaryl/α,β-unsaturated/α-hetero) is 1. The molecule has 17 heavy (non-hydrogen) atoms. The molecule has 0 aliphatic rings. The van der Waals surface area contributed by atoms with Crippen molar-refractivity contribution in [3.05, 3.63) is 35.0 Å². The lowest BCUT2D eigenvalue weighted by atomic mass is 10.1. The van der Waals surface area contributed by atoms with Gasteiger partial charge in [0.1, 0.15) is 5.58 Å². The fourth-order valence-electron chi connectivity index (χ4n) is 1.76. The minimum Gasteiger partial charge on any atom is -0.453 e. The van der Waals surface area contributed by atoms with Crippen LogP contribution in [-0.4, -0.2) is 11.8 Å². The number of fused-ring (bicyclic) bond motifs is 1. The van der Waals surface area contributed by atoms with Gasteiger partial charge in [-0.25, -0.2) is 0 Å². The van der Waals surface area contributed by atoms with Crippen LogP contribution in [0.2, 0.25) is 5.02 Å². The third-order valence-corrected chi connectivity index (χ3v) is 2.89.